The van der Waals surface area contributed by atoms with Gasteiger partial charge in [-0.1, -0.05) is 42.5 Å². The van der Waals surface area contributed by atoms with Gasteiger partial charge < -0.3 is 10.1 Å². The summed E-state index contributed by atoms with van der Waals surface area (Å²) in [5.74, 6) is 0.518. The van der Waals surface area contributed by atoms with Crippen LogP contribution in [0.5, 0.6) is 0 Å². The molecule has 2 aliphatic rings. The summed E-state index contributed by atoms with van der Waals surface area (Å²) in [4.78, 5) is 0. The summed E-state index contributed by atoms with van der Waals surface area (Å²) in [5, 5.41) is 3.84. The molecule has 1 N–H and O–H groups in total. The van der Waals surface area contributed by atoms with Gasteiger partial charge in [0.2, 0.25) is 0 Å². The maximum absolute atomic E-state index is 6.26. The molecule has 0 bridgehead atoms. The molecule has 0 saturated carbocycles. The molecule has 2 aromatic carbocycles. The molecule has 2 heterocycles. The van der Waals surface area contributed by atoms with Crippen molar-refractivity contribution in [2.75, 3.05) is 11.9 Å². The van der Waals surface area contributed by atoms with E-state index in [1.807, 2.05) is 0 Å². The molecule has 0 aliphatic carbocycles. The average molecular weight is 293 g/mol. The standard InChI is InChI=1S/C20H23NO/c1-13-10-11-14(2)18-17(13)20-16(9-6-12-22-20)19(21-18)15-7-4-3-5-8-15/h3-5,7-8,10-11,16,19-21H,6,9,12H2,1-2H3/t16-,19+,20-/m0/s1. The van der Waals surface area contributed by atoms with Gasteiger partial charge in [-0.3, -0.25) is 0 Å². The summed E-state index contributed by atoms with van der Waals surface area (Å²) < 4.78 is 6.26. The van der Waals surface area contributed by atoms with Crippen LogP contribution in [0.25, 0.3) is 0 Å². The van der Waals surface area contributed by atoms with E-state index in [-0.39, 0.29) is 6.10 Å². The van der Waals surface area contributed by atoms with Crippen molar-refractivity contribution in [1.29, 1.82) is 0 Å². The van der Waals surface area contributed by atoms with Gasteiger partial charge in [-0.15, -0.1) is 0 Å². The Labute approximate surface area is 132 Å². The van der Waals surface area contributed by atoms with E-state index in [1.54, 1.807) is 0 Å². The summed E-state index contributed by atoms with van der Waals surface area (Å²) >= 11 is 0. The minimum absolute atomic E-state index is 0.232. The number of hydrogen-bond acceptors (Lipinski definition) is 2. The molecule has 4 rings (SSSR count). The Morgan fingerprint density at radius 2 is 1.77 bits per heavy atom. The monoisotopic (exact) mass is 293 g/mol. The molecule has 114 valence electrons. The van der Waals surface area contributed by atoms with Crippen LogP contribution < -0.4 is 5.32 Å². The quantitative estimate of drug-likeness (QED) is 0.804. The van der Waals surface area contributed by atoms with Gasteiger partial charge in [-0.25, -0.2) is 0 Å². The van der Waals surface area contributed by atoms with E-state index >= 15 is 0 Å². The van der Waals surface area contributed by atoms with Crippen LogP contribution in [-0.2, 0) is 4.74 Å². The summed E-state index contributed by atoms with van der Waals surface area (Å²) in [6.45, 7) is 5.28. The predicted octanol–water partition coefficient (Wildman–Crippen LogP) is 4.94. The van der Waals surface area contributed by atoms with Crippen molar-refractivity contribution >= 4 is 5.69 Å². The fraction of sp³-hybridized carbons (Fsp3) is 0.400. The second-order valence-electron chi connectivity index (χ2n) is 6.62. The largest absolute Gasteiger partial charge is 0.377 e. The third-order valence-electron chi connectivity index (χ3n) is 5.21. The number of ether oxygens (including phenoxy) is 1. The number of nitrogens with one attached hydrogen (secondary N) is 1. The Hall–Kier alpha value is -1.80. The minimum Gasteiger partial charge on any atom is -0.377 e. The molecular weight excluding hydrogens is 270 g/mol. The van der Waals surface area contributed by atoms with E-state index in [4.69, 9.17) is 4.74 Å². The first-order valence-corrected chi connectivity index (χ1v) is 8.29. The van der Waals surface area contributed by atoms with Crippen molar-refractivity contribution in [2.24, 2.45) is 5.92 Å². The molecule has 0 unspecified atom stereocenters. The molecule has 2 aliphatic heterocycles. The maximum atomic E-state index is 6.26. The van der Waals surface area contributed by atoms with Crippen LogP contribution in [0, 0.1) is 19.8 Å². The van der Waals surface area contributed by atoms with Gasteiger partial charge in [-0.2, -0.15) is 0 Å². The van der Waals surface area contributed by atoms with Crippen molar-refractivity contribution in [3.63, 3.8) is 0 Å². The second-order valence-corrected chi connectivity index (χ2v) is 6.62. The lowest BCUT2D eigenvalue weighted by Gasteiger charge is -2.44. The van der Waals surface area contributed by atoms with Gasteiger partial charge in [0.05, 0.1) is 12.1 Å². The van der Waals surface area contributed by atoms with Gasteiger partial charge in [0.25, 0.3) is 0 Å². The third kappa shape index (κ3) is 2.14. The predicted molar refractivity (Wildman–Crippen MR) is 90.1 cm³/mol. The summed E-state index contributed by atoms with van der Waals surface area (Å²) in [7, 11) is 0. The average Bonchev–Trinajstić information content (AvgIpc) is 2.58. The van der Waals surface area contributed by atoms with E-state index in [1.165, 1.54) is 34.4 Å². The van der Waals surface area contributed by atoms with Gasteiger partial charge >= 0.3 is 0 Å². The Balaban J connectivity index is 1.85. The van der Waals surface area contributed by atoms with Crippen LogP contribution in [0.4, 0.5) is 5.69 Å². The van der Waals surface area contributed by atoms with Gasteiger partial charge in [0.15, 0.2) is 0 Å². The fourth-order valence-corrected chi connectivity index (χ4v) is 4.09. The van der Waals surface area contributed by atoms with E-state index in [9.17, 15) is 0 Å². The molecule has 0 radical (unpaired) electrons. The number of rotatable bonds is 1. The topological polar surface area (TPSA) is 21.3 Å². The molecule has 0 amide bonds. The van der Waals surface area contributed by atoms with Crippen molar-refractivity contribution in [2.45, 2.75) is 38.8 Å². The smallest absolute Gasteiger partial charge is 0.0898 e. The lowest BCUT2D eigenvalue weighted by molar-refractivity contribution is -0.0385. The first-order chi connectivity index (χ1) is 10.8. The van der Waals surface area contributed by atoms with Crippen LogP contribution in [-0.4, -0.2) is 6.61 Å². The molecule has 2 aromatic rings. The minimum atomic E-state index is 0.232. The molecule has 1 fully saturated rings. The van der Waals surface area contributed by atoms with E-state index in [2.05, 4.69) is 61.6 Å². The van der Waals surface area contributed by atoms with Crippen LogP contribution in [0.1, 0.15) is 47.2 Å². The number of hydrogen-bond donors (Lipinski definition) is 1. The molecular formula is C20H23NO. The third-order valence-corrected chi connectivity index (χ3v) is 5.21. The Morgan fingerprint density at radius 1 is 1.00 bits per heavy atom. The molecule has 2 nitrogen and oxygen atoms in total. The molecule has 2 heteroatoms. The fourth-order valence-electron chi connectivity index (χ4n) is 4.09. The highest BCUT2D eigenvalue weighted by atomic mass is 16.5. The molecule has 1 saturated heterocycles. The highest BCUT2D eigenvalue weighted by Crippen LogP contribution is 2.50. The van der Waals surface area contributed by atoms with E-state index in [0.29, 0.717) is 12.0 Å². The van der Waals surface area contributed by atoms with Crippen LogP contribution in [0.15, 0.2) is 42.5 Å². The first kappa shape index (κ1) is 13.8. The van der Waals surface area contributed by atoms with Crippen LogP contribution in [0.3, 0.4) is 0 Å². The van der Waals surface area contributed by atoms with Crippen molar-refractivity contribution < 1.29 is 4.74 Å². The highest BCUT2D eigenvalue weighted by molar-refractivity contribution is 5.64. The second kappa shape index (κ2) is 5.44. The molecule has 0 aromatic heterocycles. The van der Waals surface area contributed by atoms with Gasteiger partial charge in [-0.05, 0) is 43.4 Å². The zero-order valence-electron chi connectivity index (χ0n) is 13.3. The first-order valence-electron chi connectivity index (χ1n) is 8.29. The number of fused-ring (bicyclic) bond motifs is 3. The highest BCUT2D eigenvalue weighted by Gasteiger charge is 2.40. The summed E-state index contributed by atoms with van der Waals surface area (Å²) in [6.07, 6.45) is 2.62. The lowest BCUT2D eigenvalue weighted by atomic mass is 9.76. The number of benzene rings is 2. The van der Waals surface area contributed by atoms with Crippen molar-refractivity contribution in [3.8, 4) is 0 Å². The van der Waals surface area contributed by atoms with Crippen LogP contribution in [0.2, 0.25) is 0 Å². The van der Waals surface area contributed by atoms with Gasteiger partial charge in [0, 0.05) is 23.8 Å². The van der Waals surface area contributed by atoms with Crippen LogP contribution >= 0.6 is 0 Å². The summed E-state index contributed by atoms with van der Waals surface area (Å²) in [5.41, 5.74) is 6.70. The Kier molecular flexibility index (Phi) is 3.42. The number of aryl methyl sites for hydroxylation is 2. The van der Waals surface area contributed by atoms with Crippen molar-refractivity contribution in [3.05, 3.63) is 64.7 Å². The molecule has 3 atom stereocenters. The van der Waals surface area contributed by atoms with E-state index in [0.717, 1.165) is 13.0 Å². The normalized spacial score (nSPS) is 26.7. The Morgan fingerprint density at radius 3 is 2.59 bits per heavy atom. The van der Waals surface area contributed by atoms with Crippen molar-refractivity contribution in [1.82, 2.24) is 0 Å². The SMILES string of the molecule is Cc1ccc(C)c2c1N[C@H](c1ccccc1)[C@@H]1CCCO[C@H]21. The molecule has 22 heavy (non-hydrogen) atoms. The number of anilines is 1. The zero-order valence-corrected chi connectivity index (χ0v) is 13.3. The Bertz CT molecular complexity index is 680. The maximum Gasteiger partial charge on any atom is 0.0898 e. The van der Waals surface area contributed by atoms with Gasteiger partial charge in [0.1, 0.15) is 0 Å². The lowest BCUT2D eigenvalue weighted by Crippen LogP contribution is -2.36. The zero-order chi connectivity index (χ0) is 15.1. The molecule has 0 spiro atoms. The summed E-state index contributed by atoms with van der Waals surface area (Å²) in [6, 6.07) is 15.6. The van der Waals surface area contributed by atoms with E-state index < -0.39 is 0 Å².